The lowest BCUT2D eigenvalue weighted by Gasteiger charge is -2.08. The van der Waals surface area contributed by atoms with Crippen molar-refractivity contribution in [1.29, 1.82) is 0 Å². The fourth-order valence-electron chi connectivity index (χ4n) is 1.57. The molecule has 3 N–H and O–H groups in total. The lowest BCUT2D eigenvalue weighted by Crippen LogP contribution is -2.13. The molecule has 2 aromatic rings. The molecule has 18 heavy (non-hydrogen) atoms. The van der Waals surface area contributed by atoms with Crippen LogP contribution < -0.4 is 11.1 Å². The van der Waals surface area contributed by atoms with E-state index in [0.717, 1.165) is 5.56 Å². The molecular weight excluding hydrogens is 244 g/mol. The Morgan fingerprint density at radius 2 is 1.78 bits per heavy atom. The molecule has 0 fully saturated rings. The molecule has 2 aromatic carbocycles. The standard InChI is InChI=1S/C14H14N2OS/c15-12-3-1-2-4-13(12)16-14(17)11-7-5-10(9-18)6-8-11/h1-8,18H,9,15H2,(H,16,17). The van der Waals surface area contributed by atoms with Gasteiger partial charge in [-0.25, -0.2) is 0 Å². The van der Waals surface area contributed by atoms with Crippen molar-refractivity contribution < 1.29 is 4.79 Å². The van der Waals surface area contributed by atoms with Gasteiger partial charge in [-0.3, -0.25) is 4.79 Å². The van der Waals surface area contributed by atoms with Gasteiger partial charge in [-0.2, -0.15) is 12.6 Å². The molecule has 0 saturated heterocycles. The number of nitrogens with two attached hydrogens (primary N) is 1. The van der Waals surface area contributed by atoms with Crippen LogP contribution in [-0.2, 0) is 5.75 Å². The van der Waals surface area contributed by atoms with E-state index < -0.39 is 0 Å². The largest absolute Gasteiger partial charge is 0.397 e. The van der Waals surface area contributed by atoms with E-state index in [1.165, 1.54) is 0 Å². The number of para-hydroxylation sites is 2. The van der Waals surface area contributed by atoms with Gasteiger partial charge in [-0.15, -0.1) is 0 Å². The third-order valence-corrected chi connectivity index (χ3v) is 2.97. The van der Waals surface area contributed by atoms with Crippen molar-refractivity contribution in [3.05, 3.63) is 59.7 Å². The smallest absolute Gasteiger partial charge is 0.255 e. The zero-order chi connectivity index (χ0) is 13.0. The number of nitrogens with one attached hydrogen (secondary N) is 1. The molecule has 0 aliphatic carbocycles. The van der Waals surface area contributed by atoms with E-state index in [4.69, 9.17) is 5.73 Å². The number of nitrogen functional groups attached to an aromatic ring is 1. The minimum Gasteiger partial charge on any atom is -0.397 e. The van der Waals surface area contributed by atoms with Crippen molar-refractivity contribution in [2.24, 2.45) is 0 Å². The molecule has 92 valence electrons. The van der Waals surface area contributed by atoms with Crippen molar-refractivity contribution in [1.82, 2.24) is 0 Å². The molecule has 0 spiro atoms. The van der Waals surface area contributed by atoms with Gasteiger partial charge in [-0.1, -0.05) is 24.3 Å². The Hall–Kier alpha value is -1.94. The lowest BCUT2D eigenvalue weighted by atomic mass is 10.1. The highest BCUT2D eigenvalue weighted by molar-refractivity contribution is 7.79. The van der Waals surface area contributed by atoms with Gasteiger partial charge >= 0.3 is 0 Å². The number of benzene rings is 2. The number of hydrogen-bond acceptors (Lipinski definition) is 3. The number of anilines is 2. The fourth-order valence-corrected chi connectivity index (χ4v) is 1.78. The summed E-state index contributed by atoms with van der Waals surface area (Å²) in [6, 6.07) is 14.5. The van der Waals surface area contributed by atoms with Crippen LogP contribution in [0, 0.1) is 0 Å². The summed E-state index contributed by atoms with van der Waals surface area (Å²) >= 11 is 4.17. The Labute approximate surface area is 111 Å². The molecule has 0 unspecified atom stereocenters. The highest BCUT2D eigenvalue weighted by atomic mass is 32.1. The zero-order valence-corrected chi connectivity index (χ0v) is 10.7. The van der Waals surface area contributed by atoms with E-state index in [1.807, 2.05) is 24.3 Å². The van der Waals surface area contributed by atoms with Crippen LogP contribution in [0.4, 0.5) is 11.4 Å². The monoisotopic (exact) mass is 258 g/mol. The predicted molar refractivity (Wildman–Crippen MR) is 77.9 cm³/mol. The molecule has 0 heterocycles. The first-order valence-corrected chi connectivity index (χ1v) is 6.19. The molecule has 0 saturated carbocycles. The Morgan fingerprint density at radius 3 is 2.39 bits per heavy atom. The zero-order valence-electron chi connectivity index (χ0n) is 9.76. The predicted octanol–water partition coefficient (Wildman–Crippen LogP) is 2.95. The maximum Gasteiger partial charge on any atom is 0.255 e. The fraction of sp³-hybridized carbons (Fsp3) is 0.0714. The molecule has 1 amide bonds. The molecule has 2 rings (SSSR count). The molecule has 0 aliphatic heterocycles. The summed E-state index contributed by atoms with van der Waals surface area (Å²) in [6.45, 7) is 0. The number of carbonyl (C=O) groups excluding carboxylic acids is 1. The van der Waals surface area contributed by atoms with Gasteiger partial charge in [0.1, 0.15) is 0 Å². The summed E-state index contributed by atoms with van der Waals surface area (Å²) < 4.78 is 0. The maximum atomic E-state index is 12.0. The Morgan fingerprint density at radius 1 is 1.11 bits per heavy atom. The van der Waals surface area contributed by atoms with E-state index in [9.17, 15) is 4.79 Å². The summed E-state index contributed by atoms with van der Waals surface area (Å²) in [5.74, 6) is 0.492. The summed E-state index contributed by atoms with van der Waals surface area (Å²) in [7, 11) is 0. The van der Waals surface area contributed by atoms with Crippen molar-refractivity contribution in [2.45, 2.75) is 5.75 Å². The molecule has 0 aromatic heterocycles. The van der Waals surface area contributed by atoms with Crippen LogP contribution in [0.15, 0.2) is 48.5 Å². The van der Waals surface area contributed by atoms with Gasteiger partial charge in [0.05, 0.1) is 11.4 Å². The van der Waals surface area contributed by atoms with Crippen molar-refractivity contribution >= 4 is 29.9 Å². The Balaban J connectivity index is 2.14. The molecule has 0 aliphatic rings. The number of carbonyl (C=O) groups is 1. The molecular formula is C14H14N2OS. The average Bonchev–Trinajstić information content (AvgIpc) is 2.41. The molecule has 0 radical (unpaired) electrons. The first-order chi connectivity index (χ1) is 8.70. The third kappa shape index (κ3) is 2.84. The Kier molecular flexibility index (Phi) is 3.89. The van der Waals surface area contributed by atoms with Gasteiger partial charge in [0.2, 0.25) is 0 Å². The second kappa shape index (κ2) is 5.60. The van der Waals surface area contributed by atoms with Crippen molar-refractivity contribution in [3.8, 4) is 0 Å². The van der Waals surface area contributed by atoms with Crippen LogP contribution in [0.3, 0.4) is 0 Å². The SMILES string of the molecule is Nc1ccccc1NC(=O)c1ccc(CS)cc1. The number of hydrogen-bond donors (Lipinski definition) is 3. The van der Waals surface area contributed by atoms with E-state index in [0.29, 0.717) is 22.7 Å². The van der Waals surface area contributed by atoms with Crippen LogP contribution >= 0.6 is 12.6 Å². The highest BCUT2D eigenvalue weighted by Gasteiger charge is 2.07. The quantitative estimate of drug-likeness (QED) is 0.585. The molecule has 4 heteroatoms. The number of rotatable bonds is 3. The van der Waals surface area contributed by atoms with Crippen LogP contribution in [0.2, 0.25) is 0 Å². The van der Waals surface area contributed by atoms with Gasteiger partial charge in [0, 0.05) is 11.3 Å². The van der Waals surface area contributed by atoms with E-state index in [2.05, 4.69) is 17.9 Å². The second-order valence-corrected chi connectivity index (χ2v) is 4.21. The van der Waals surface area contributed by atoms with Crippen LogP contribution in [0.25, 0.3) is 0 Å². The molecule has 3 nitrogen and oxygen atoms in total. The topological polar surface area (TPSA) is 55.1 Å². The molecule has 0 bridgehead atoms. The maximum absolute atomic E-state index is 12.0. The van der Waals surface area contributed by atoms with Gasteiger partial charge in [0.15, 0.2) is 0 Å². The summed E-state index contributed by atoms with van der Waals surface area (Å²) in [5, 5.41) is 2.78. The molecule has 0 atom stereocenters. The summed E-state index contributed by atoms with van der Waals surface area (Å²) in [5.41, 5.74) is 8.63. The van der Waals surface area contributed by atoms with Crippen LogP contribution in [0.1, 0.15) is 15.9 Å². The number of amides is 1. The summed E-state index contributed by atoms with van der Waals surface area (Å²) in [4.78, 5) is 12.0. The third-order valence-electron chi connectivity index (χ3n) is 2.61. The first kappa shape index (κ1) is 12.5. The lowest BCUT2D eigenvalue weighted by molar-refractivity contribution is 0.102. The van der Waals surface area contributed by atoms with E-state index >= 15 is 0 Å². The van der Waals surface area contributed by atoms with E-state index in [-0.39, 0.29) is 5.91 Å². The minimum atomic E-state index is -0.168. The second-order valence-electron chi connectivity index (χ2n) is 3.90. The minimum absolute atomic E-state index is 0.168. The normalized spacial score (nSPS) is 10.1. The van der Waals surface area contributed by atoms with Crippen LogP contribution in [-0.4, -0.2) is 5.91 Å². The average molecular weight is 258 g/mol. The summed E-state index contributed by atoms with van der Waals surface area (Å²) in [6.07, 6.45) is 0. The number of thiol groups is 1. The van der Waals surface area contributed by atoms with E-state index in [1.54, 1.807) is 24.3 Å². The van der Waals surface area contributed by atoms with Crippen molar-refractivity contribution in [3.63, 3.8) is 0 Å². The van der Waals surface area contributed by atoms with Crippen LogP contribution in [0.5, 0.6) is 0 Å². The highest BCUT2D eigenvalue weighted by Crippen LogP contribution is 2.18. The van der Waals surface area contributed by atoms with Gasteiger partial charge in [0.25, 0.3) is 5.91 Å². The Bertz CT molecular complexity index is 552. The van der Waals surface area contributed by atoms with Gasteiger partial charge < -0.3 is 11.1 Å². The van der Waals surface area contributed by atoms with Crippen molar-refractivity contribution in [2.75, 3.05) is 11.1 Å². The van der Waals surface area contributed by atoms with Gasteiger partial charge in [-0.05, 0) is 29.8 Å². The first-order valence-electron chi connectivity index (χ1n) is 5.56.